The maximum atomic E-state index is 13.6. The normalized spacial score (nSPS) is 12.0. The van der Waals surface area contributed by atoms with Crippen molar-refractivity contribution >= 4 is 29.7 Å². The number of esters is 1. The van der Waals surface area contributed by atoms with Gasteiger partial charge in [0, 0.05) is 17.9 Å². The molecule has 0 unspecified atom stereocenters. The Morgan fingerprint density at radius 3 is 1.60 bits per heavy atom. The Morgan fingerprint density at radius 2 is 1.05 bits per heavy atom. The van der Waals surface area contributed by atoms with Crippen LogP contribution in [0.4, 0.5) is 4.79 Å². The van der Waals surface area contributed by atoms with Gasteiger partial charge in [0.25, 0.3) is 0 Å². The molecule has 216 valence electrons. The Labute approximate surface area is 250 Å². The number of nitrogens with one attached hydrogen (secondary N) is 2. The molecular weight excluding hydrogens is 548 g/mol. The molecule has 0 bridgehead atoms. The van der Waals surface area contributed by atoms with Crippen LogP contribution in [0.2, 0.25) is 0 Å². The van der Waals surface area contributed by atoms with Gasteiger partial charge in [-0.3, -0.25) is 4.79 Å². The van der Waals surface area contributed by atoms with E-state index in [0.29, 0.717) is 5.75 Å². The summed E-state index contributed by atoms with van der Waals surface area (Å²) in [6.07, 6.45) is -0.478. The van der Waals surface area contributed by atoms with Crippen molar-refractivity contribution in [1.82, 2.24) is 10.6 Å². The fourth-order valence-corrected chi connectivity index (χ4v) is 5.12. The molecule has 0 saturated carbocycles. The maximum absolute atomic E-state index is 13.6. The average Bonchev–Trinajstić information content (AvgIpc) is 3.04. The van der Waals surface area contributed by atoms with Gasteiger partial charge in [-0.15, -0.1) is 0 Å². The predicted octanol–water partition coefficient (Wildman–Crippen LogP) is 5.69. The van der Waals surface area contributed by atoms with Crippen molar-refractivity contribution in [1.29, 1.82) is 0 Å². The summed E-state index contributed by atoms with van der Waals surface area (Å²) >= 11 is 1.50. The molecule has 0 radical (unpaired) electrons. The minimum atomic E-state index is -0.952. The van der Waals surface area contributed by atoms with Gasteiger partial charge < -0.3 is 20.1 Å². The van der Waals surface area contributed by atoms with Crippen molar-refractivity contribution in [2.75, 3.05) is 5.75 Å². The minimum Gasteiger partial charge on any atom is -0.459 e. The number of hydrogen-bond acceptors (Lipinski definition) is 6. The van der Waals surface area contributed by atoms with Gasteiger partial charge in [0.15, 0.2) is 0 Å². The highest BCUT2D eigenvalue weighted by molar-refractivity contribution is 7.98. The van der Waals surface area contributed by atoms with E-state index in [1.807, 2.05) is 121 Å². The van der Waals surface area contributed by atoms with Crippen molar-refractivity contribution in [3.63, 3.8) is 0 Å². The molecule has 4 aromatic carbocycles. The van der Waals surface area contributed by atoms with Crippen LogP contribution in [0.1, 0.15) is 22.3 Å². The molecule has 0 aliphatic carbocycles. The third-order valence-electron chi connectivity index (χ3n) is 6.32. The molecule has 0 fully saturated rings. The highest BCUT2D eigenvalue weighted by atomic mass is 32.2. The van der Waals surface area contributed by atoms with Gasteiger partial charge in [-0.05, 0) is 22.3 Å². The van der Waals surface area contributed by atoms with Crippen molar-refractivity contribution in [3.05, 3.63) is 144 Å². The maximum Gasteiger partial charge on any atom is 0.408 e. The summed E-state index contributed by atoms with van der Waals surface area (Å²) in [6, 6.07) is 36.0. The van der Waals surface area contributed by atoms with Crippen molar-refractivity contribution in [3.8, 4) is 0 Å². The summed E-state index contributed by atoms with van der Waals surface area (Å²) in [5.74, 6) is -0.126. The second-order valence-corrected chi connectivity index (χ2v) is 10.6. The van der Waals surface area contributed by atoms with E-state index in [0.717, 1.165) is 22.3 Å². The van der Waals surface area contributed by atoms with Crippen LogP contribution in [0.25, 0.3) is 0 Å². The predicted molar refractivity (Wildman–Crippen MR) is 164 cm³/mol. The van der Waals surface area contributed by atoms with E-state index in [-0.39, 0.29) is 25.4 Å². The molecule has 4 rings (SSSR count). The number of rotatable bonds is 14. The Kier molecular flexibility index (Phi) is 12.0. The number of alkyl carbamates (subject to hydrolysis) is 1. The molecule has 7 nitrogen and oxygen atoms in total. The monoisotopic (exact) mass is 582 g/mol. The van der Waals surface area contributed by atoms with E-state index in [1.165, 1.54) is 11.8 Å². The number of amides is 2. The largest absolute Gasteiger partial charge is 0.459 e. The number of carbonyl (C=O) groups is 3. The van der Waals surface area contributed by atoms with Gasteiger partial charge in [-0.25, -0.2) is 9.59 Å². The second-order valence-electron chi connectivity index (χ2n) is 9.60. The zero-order valence-electron chi connectivity index (χ0n) is 23.2. The first-order chi connectivity index (χ1) is 20.6. The highest BCUT2D eigenvalue weighted by Gasteiger charge is 2.28. The molecule has 8 heteroatoms. The van der Waals surface area contributed by atoms with E-state index in [1.54, 1.807) is 0 Å². The molecule has 0 spiro atoms. The number of thioether (sulfide) groups is 1. The van der Waals surface area contributed by atoms with Gasteiger partial charge in [0.2, 0.25) is 5.91 Å². The number of carbonyl (C=O) groups excluding carboxylic acids is 3. The first-order valence-electron chi connectivity index (χ1n) is 13.7. The minimum absolute atomic E-state index is 0.0701. The van der Waals surface area contributed by atoms with Gasteiger partial charge >= 0.3 is 12.1 Å². The first-order valence-corrected chi connectivity index (χ1v) is 14.9. The molecular formula is C34H34N2O5S. The molecule has 2 N–H and O–H groups in total. The standard InChI is InChI=1S/C34H34N2O5S/c37-32(35-30(21-26-13-5-1-6-14-26)33(38)40-22-27-15-7-2-8-16-27)31(25-42-24-29-19-11-4-12-20-29)36-34(39)41-23-28-17-9-3-10-18-28/h1-20,30-31H,21-25H2,(H,35,37)(H,36,39)/t30-,31-/m1/s1. The lowest BCUT2D eigenvalue weighted by Crippen LogP contribution is -2.53. The van der Waals surface area contributed by atoms with Gasteiger partial charge in [-0.1, -0.05) is 121 Å². The van der Waals surface area contributed by atoms with Gasteiger partial charge in [0.05, 0.1) is 0 Å². The summed E-state index contributed by atoms with van der Waals surface area (Å²) < 4.78 is 11.0. The fourth-order valence-electron chi connectivity index (χ4n) is 4.10. The van der Waals surface area contributed by atoms with E-state index in [9.17, 15) is 14.4 Å². The number of ether oxygens (including phenoxy) is 2. The Bertz CT molecular complexity index is 1390. The quantitative estimate of drug-likeness (QED) is 0.186. The van der Waals surface area contributed by atoms with Crippen LogP contribution in [0.5, 0.6) is 0 Å². The highest BCUT2D eigenvalue weighted by Crippen LogP contribution is 2.14. The lowest BCUT2D eigenvalue weighted by atomic mass is 10.1. The Morgan fingerprint density at radius 1 is 0.571 bits per heavy atom. The smallest absolute Gasteiger partial charge is 0.408 e. The third-order valence-corrected chi connectivity index (χ3v) is 7.43. The summed E-state index contributed by atoms with van der Waals surface area (Å²) in [6.45, 7) is 0.155. The fraction of sp³-hybridized carbons (Fsp3) is 0.206. The van der Waals surface area contributed by atoms with Crippen LogP contribution in [0.3, 0.4) is 0 Å². The van der Waals surface area contributed by atoms with Crippen LogP contribution in [0, 0.1) is 0 Å². The van der Waals surface area contributed by atoms with E-state index in [4.69, 9.17) is 9.47 Å². The number of hydrogen-bond donors (Lipinski definition) is 2. The number of benzene rings is 4. The molecule has 42 heavy (non-hydrogen) atoms. The van der Waals surface area contributed by atoms with Gasteiger partial charge in [-0.2, -0.15) is 11.8 Å². The molecule has 0 aromatic heterocycles. The molecule has 0 saturated heterocycles. The summed E-state index contributed by atoms with van der Waals surface area (Å²) in [5, 5.41) is 5.53. The molecule has 0 heterocycles. The van der Waals surface area contributed by atoms with Gasteiger partial charge in [0.1, 0.15) is 25.3 Å². The molecule has 0 aliphatic rings. The zero-order chi connectivity index (χ0) is 29.4. The summed E-state index contributed by atoms with van der Waals surface area (Å²) in [4.78, 5) is 39.5. The molecule has 4 aromatic rings. The van der Waals surface area contributed by atoms with E-state index in [2.05, 4.69) is 10.6 Å². The summed E-state index contributed by atoms with van der Waals surface area (Å²) in [7, 11) is 0. The SMILES string of the molecule is O=C(N[C@H](CSCc1ccccc1)C(=O)N[C@H](Cc1ccccc1)C(=O)OCc1ccccc1)OCc1ccccc1. The lowest BCUT2D eigenvalue weighted by Gasteiger charge is -2.23. The lowest BCUT2D eigenvalue weighted by molar-refractivity contribution is -0.149. The van der Waals surface area contributed by atoms with Crippen LogP contribution >= 0.6 is 11.8 Å². The zero-order valence-corrected chi connectivity index (χ0v) is 24.0. The molecule has 2 amide bonds. The Balaban J connectivity index is 1.43. The molecule has 0 aliphatic heterocycles. The topological polar surface area (TPSA) is 93.7 Å². The third kappa shape index (κ3) is 10.4. The van der Waals surface area contributed by atoms with Crippen LogP contribution in [0.15, 0.2) is 121 Å². The van der Waals surface area contributed by atoms with E-state index < -0.39 is 30.1 Å². The van der Waals surface area contributed by atoms with Crippen LogP contribution < -0.4 is 10.6 Å². The van der Waals surface area contributed by atoms with Crippen molar-refractivity contribution < 1.29 is 23.9 Å². The molecule has 2 atom stereocenters. The summed E-state index contributed by atoms with van der Waals surface area (Å²) in [5.41, 5.74) is 3.63. The Hall–Kier alpha value is -4.56. The van der Waals surface area contributed by atoms with Crippen molar-refractivity contribution in [2.45, 2.75) is 37.5 Å². The van der Waals surface area contributed by atoms with E-state index >= 15 is 0 Å². The van der Waals surface area contributed by atoms with Crippen LogP contribution in [-0.2, 0) is 44.5 Å². The van der Waals surface area contributed by atoms with Crippen molar-refractivity contribution in [2.24, 2.45) is 0 Å². The average molecular weight is 583 g/mol. The second kappa shape index (κ2) is 16.6. The first kappa shape index (κ1) is 30.4. The van der Waals surface area contributed by atoms with Crippen LogP contribution in [-0.4, -0.2) is 35.8 Å².